The van der Waals surface area contributed by atoms with Crippen LogP contribution in [0.15, 0.2) is 47.0 Å². The van der Waals surface area contributed by atoms with Gasteiger partial charge < -0.3 is 9.73 Å². The Morgan fingerprint density at radius 3 is 2.53 bits per heavy atom. The molecule has 0 radical (unpaired) electrons. The third kappa shape index (κ3) is 3.66. The Hall–Kier alpha value is -3.96. The number of aromatic nitrogens is 4. The van der Waals surface area contributed by atoms with Crippen LogP contribution in [0.25, 0.3) is 22.6 Å². The number of anilines is 1. The van der Waals surface area contributed by atoms with E-state index in [4.69, 9.17) is 4.42 Å². The molecule has 0 fully saturated rings. The Labute approximate surface area is 166 Å². The summed E-state index contributed by atoms with van der Waals surface area (Å²) in [5.74, 6) is 0.122. The van der Waals surface area contributed by atoms with Gasteiger partial charge in [-0.05, 0) is 23.8 Å². The summed E-state index contributed by atoms with van der Waals surface area (Å²) < 4.78 is 44.8. The first-order valence-electron chi connectivity index (χ1n) is 8.57. The molecule has 1 N–H and O–H groups in total. The lowest BCUT2D eigenvalue weighted by Crippen LogP contribution is -2.07. The number of rotatable bonds is 5. The lowest BCUT2D eigenvalue weighted by molar-refractivity contribution is -0.401. The predicted octanol–water partition coefficient (Wildman–Crippen LogP) is 4.16. The Bertz CT molecular complexity index is 1230. The van der Waals surface area contributed by atoms with Crippen molar-refractivity contribution in [3.63, 3.8) is 0 Å². The molecule has 0 bridgehead atoms. The number of nitrogens with one attached hydrogen (secondary N) is 1. The van der Waals surface area contributed by atoms with Crippen LogP contribution in [0, 0.1) is 10.1 Å². The normalized spacial score (nSPS) is 11.7. The molecule has 30 heavy (non-hydrogen) atoms. The highest BCUT2D eigenvalue weighted by molar-refractivity contribution is 5.87. The van der Waals surface area contributed by atoms with Gasteiger partial charge in [-0.1, -0.05) is 12.1 Å². The number of hydrogen-bond donors (Lipinski definition) is 1. The van der Waals surface area contributed by atoms with Gasteiger partial charge in [-0.15, -0.1) is 0 Å². The Morgan fingerprint density at radius 2 is 1.90 bits per heavy atom. The minimum Gasteiger partial charge on any atom is -0.397 e. The molecule has 0 atom stereocenters. The van der Waals surface area contributed by atoms with Crippen LogP contribution in [0.1, 0.15) is 11.1 Å². The van der Waals surface area contributed by atoms with Crippen molar-refractivity contribution in [2.45, 2.75) is 12.7 Å². The van der Waals surface area contributed by atoms with E-state index >= 15 is 0 Å². The van der Waals surface area contributed by atoms with Crippen molar-refractivity contribution in [1.82, 2.24) is 19.7 Å². The fourth-order valence-electron chi connectivity index (χ4n) is 2.81. The first-order chi connectivity index (χ1) is 14.2. The third-order valence-corrected chi connectivity index (χ3v) is 4.33. The largest absolute Gasteiger partial charge is 0.433 e. The van der Waals surface area contributed by atoms with Crippen LogP contribution in [0.2, 0.25) is 0 Å². The van der Waals surface area contributed by atoms with E-state index in [1.54, 1.807) is 13.2 Å². The number of halogens is 3. The summed E-state index contributed by atoms with van der Waals surface area (Å²) in [7, 11) is 1.67. The van der Waals surface area contributed by atoms with Gasteiger partial charge in [0.2, 0.25) is 0 Å². The number of nitro groups is 1. The van der Waals surface area contributed by atoms with Gasteiger partial charge in [0.15, 0.2) is 17.2 Å². The monoisotopic (exact) mass is 418 g/mol. The summed E-state index contributed by atoms with van der Waals surface area (Å²) in [6, 6.07) is 7.33. The maximum atomic E-state index is 12.7. The van der Waals surface area contributed by atoms with Gasteiger partial charge in [0.25, 0.3) is 0 Å². The van der Waals surface area contributed by atoms with Crippen LogP contribution in [-0.2, 0) is 19.8 Å². The van der Waals surface area contributed by atoms with E-state index in [0.29, 0.717) is 22.4 Å². The first kappa shape index (κ1) is 19.4. The molecular weight excluding hydrogens is 405 g/mol. The van der Waals surface area contributed by atoms with Gasteiger partial charge in [0.05, 0.1) is 23.2 Å². The number of fused-ring (bicyclic) bond motifs is 1. The molecule has 0 aliphatic rings. The molecule has 0 aliphatic heterocycles. The molecule has 4 rings (SSSR count). The molecule has 0 aliphatic carbocycles. The number of nitrogens with zero attached hydrogens (tertiary/aromatic N) is 5. The van der Waals surface area contributed by atoms with E-state index in [1.165, 1.54) is 28.9 Å². The second-order valence-electron chi connectivity index (χ2n) is 6.34. The highest BCUT2D eigenvalue weighted by atomic mass is 19.4. The quantitative estimate of drug-likeness (QED) is 0.382. The predicted molar refractivity (Wildman–Crippen MR) is 99.4 cm³/mol. The maximum absolute atomic E-state index is 12.7. The topological polar surface area (TPSA) is 112 Å². The summed E-state index contributed by atoms with van der Waals surface area (Å²) in [6.07, 6.45) is -2.86. The minimum absolute atomic E-state index is 0.0994. The lowest BCUT2D eigenvalue weighted by Gasteiger charge is -2.10. The van der Waals surface area contributed by atoms with Gasteiger partial charge >= 0.3 is 12.1 Å². The van der Waals surface area contributed by atoms with Crippen molar-refractivity contribution >= 4 is 22.7 Å². The minimum atomic E-state index is -4.40. The number of benzene rings is 1. The standard InChI is InChI=1S/C18H13F3N6O3/c1-26-17-12(9-23-26)15(22-8-10-2-4-11(5-3-10)18(19,20)21)24-16(25-17)13-6-7-14(30-13)27(28)29/h2-7,9H,8H2,1H3,(H,22,24,25). The Morgan fingerprint density at radius 1 is 1.17 bits per heavy atom. The summed E-state index contributed by atoms with van der Waals surface area (Å²) >= 11 is 0. The average Bonchev–Trinajstić information content (AvgIpc) is 3.33. The van der Waals surface area contributed by atoms with Crippen LogP contribution in [0.4, 0.5) is 24.9 Å². The highest BCUT2D eigenvalue weighted by Crippen LogP contribution is 2.30. The van der Waals surface area contributed by atoms with Crippen LogP contribution in [0.5, 0.6) is 0 Å². The molecule has 12 heteroatoms. The molecule has 154 valence electrons. The summed E-state index contributed by atoms with van der Waals surface area (Å²) in [5, 5.41) is 18.6. The highest BCUT2D eigenvalue weighted by Gasteiger charge is 2.29. The number of hydrogen-bond acceptors (Lipinski definition) is 7. The summed E-state index contributed by atoms with van der Waals surface area (Å²) in [5.41, 5.74) is 0.326. The molecule has 3 aromatic heterocycles. The van der Waals surface area contributed by atoms with Crippen molar-refractivity contribution in [2.24, 2.45) is 7.05 Å². The fourth-order valence-corrected chi connectivity index (χ4v) is 2.81. The second-order valence-corrected chi connectivity index (χ2v) is 6.34. The van der Waals surface area contributed by atoms with Crippen LogP contribution >= 0.6 is 0 Å². The van der Waals surface area contributed by atoms with Crippen LogP contribution in [0.3, 0.4) is 0 Å². The van der Waals surface area contributed by atoms with Crippen LogP contribution in [-0.4, -0.2) is 24.7 Å². The molecule has 0 unspecified atom stereocenters. The number of aryl methyl sites for hydroxylation is 1. The molecule has 0 saturated heterocycles. The van der Waals surface area contributed by atoms with Gasteiger partial charge in [-0.3, -0.25) is 14.8 Å². The molecule has 4 aromatic rings. The smallest absolute Gasteiger partial charge is 0.397 e. The lowest BCUT2D eigenvalue weighted by atomic mass is 10.1. The average molecular weight is 418 g/mol. The van der Waals surface area contributed by atoms with E-state index in [9.17, 15) is 23.3 Å². The molecular formula is C18H13F3N6O3. The Balaban J connectivity index is 1.65. The molecule has 9 nitrogen and oxygen atoms in total. The zero-order valence-corrected chi connectivity index (χ0v) is 15.3. The number of alkyl halides is 3. The molecule has 1 aromatic carbocycles. The van der Waals surface area contributed by atoms with Crippen molar-refractivity contribution in [2.75, 3.05) is 5.32 Å². The summed E-state index contributed by atoms with van der Waals surface area (Å²) in [4.78, 5) is 18.9. The fraction of sp³-hybridized carbons (Fsp3) is 0.167. The molecule has 0 saturated carbocycles. The van der Waals surface area contributed by atoms with Crippen molar-refractivity contribution in [3.05, 3.63) is 63.8 Å². The second kappa shape index (κ2) is 7.13. The maximum Gasteiger partial charge on any atom is 0.433 e. The van der Waals surface area contributed by atoms with E-state index < -0.39 is 22.5 Å². The Kier molecular flexibility index (Phi) is 4.60. The molecule has 3 heterocycles. The van der Waals surface area contributed by atoms with E-state index in [2.05, 4.69) is 20.4 Å². The first-order valence-corrected chi connectivity index (χ1v) is 8.57. The molecule has 0 amide bonds. The van der Waals surface area contributed by atoms with E-state index in [0.717, 1.165) is 12.1 Å². The van der Waals surface area contributed by atoms with E-state index in [-0.39, 0.29) is 18.1 Å². The molecule has 0 spiro atoms. The van der Waals surface area contributed by atoms with Gasteiger partial charge in [0, 0.05) is 13.6 Å². The third-order valence-electron chi connectivity index (χ3n) is 4.33. The zero-order chi connectivity index (χ0) is 21.5. The van der Waals surface area contributed by atoms with E-state index in [1.807, 2.05) is 0 Å². The van der Waals surface area contributed by atoms with Crippen LogP contribution < -0.4 is 5.32 Å². The van der Waals surface area contributed by atoms with Crippen molar-refractivity contribution < 1.29 is 22.5 Å². The van der Waals surface area contributed by atoms with Crippen molar-refractivity contribution in [3.8, 4) is 11.6 Å². The van der Waals surface area contributed by atoms with Gasteiger partial charge in [-0.2, -0.15) is 18.3 Å². The number of furan rings is 1. The van der Waals surface area contributed by atoms with Gasteiger partial charge in [-0.25, -0.2) is 9.97 Å². The SMILES string of the molecule is Cn1ncc2c(NCc3ccc(C(F)(F)F)cc3)nc(-c3ccc([N+](=O)[O-])o3)nc21. The van der Waals surface area contributed by atoms with Crippen molar-refractivity contribution in [1.29, 1.82) is 0 Å². The van der Waals surface area contributed by atoms with Gasteiger partial charge in [0.1, 0.15) is 10.7 Å². The summed E-state index contributed by atoms with van der Waals surface area (Å²) in [6.45, 7) is 0.191. The zero-order valence-electron chi connectivity index (χ0n) is 15.3.